The van der Waals surface area contributed by atoms with Crippen LogP contribution >= 0.6 is 23.2 Å². The summed E-state index contributed by atoms with van der Waals surface area (Å²) in [5, 5.41) is 1.75. The molecular weight excluding hydrogens is 314 g/mol. The molecule has 0 saturated heterocycles. The average molecular weight is 325 g/mol. The van der Waals surface area contributed by atoms with Gasteiger partial charge >= 0.3 is 0 Å². The van der Waals surface area contributed by atoms with E-state index in [1.165, 1.54) is 12.1 Å². The number of fused-ring (bicyclic) bond motifs is 1. The maximum Gasteiger partial charge on any atom is 0.134 e. The molecule has 0 spiro atoms. The second-order valence-corrected chi connectivity index (χ2v) is 5.44. The van der Waals surface area contributed by atoms with Crippen molar-refractivity contribution >= 4 is 34.2 Å². The van der Waals surface area contributed by atoms with Gasteiger partial charge in [-0.1, -0.05) is 29.3 Å². The lowest BCUT2D eigenvalue weighted by Crippen LogP contribution is -2.28. The lowest BCUT2D eigenvalue weighted by molar-refractivity contribution is 0.477. The zero-order valence-corrected chi connectivity index (χ0v) is 12.3. The summed E-state index contributed by atoms with van der Waals surface area (Å²) in [5.74, 6) is 5.77. The van der Waals surface area contributed by atoms with Crippen LogP contribution in [0.5, 0.6) is 0 Å². The van der Waals surface area contributed by atoms with Gasteiger partial charge in [-0.2, -0.15) is 0 Å². The van der Waals surface area contributed by atoms with Gasteiger partial charge in [0, 0.05) is 15.4 Å². The molecule has 6 heteroatoms. The molecule has 0 radical (unpaired) electrons. The van der Waals surface area contributed by atoms with Crippen LogP contribution in [-0.4, -0.2) is 0 Å². The fraction of sp³-hybridized carbons (Fsp3) is 0.0667. The minimum absolute atomic E-state index is 0.274. The number of hydrogen-bond donors (Lipinski definition) is 2. The van der Waals surface area contributed by atoms with E-state index in [0.717, 1.165) is 5.39 Å². The van der Waals surface area contributed by atoms with Crippen molar-refractivity contribution in [1.29, 1.82) is 0 Å². The summed E-state index contributed by atoms with van der Waals surface area (Å²) in [7, 11) is 0. The first-order chi connectivity index (χ1) is 10.1. The fourth-order valence-electron chi connectivity index (χ4n) is 2.24. The SMILES string of the molecule is NNC(c1cc2cc(Cl)ccc2o1)c1ccc(F)cc1Cl. The van der Waals surface area contributed by atoms with Gasteiger partial charge in [0.05, 0.1) is 0 Å². The Labute approximate surface area is 130 Å². The number of hydrogen-bond acceptors (Lipinski definition) is 3. The standard InChI is InChI=1S/C15H11Cl2FN2O/c16-9-1-4-13-8(5-9)6-14(21-13)15(20-19)11-3-2-10(18)7-12(11)17/h1-7,15,20H,19H2. The van der Waals surface area contributed by atoms with Crippen LogP contribution in [0.25, 0.3) is 11.0 Å². The summed E-state index contributed by atoms with van der Waals surface area (Å²) < 4.78 is 18.9. The normalized spacial score (nSPS) is 12.8. The Morgan fingerprint density at radius 3 is 2.62 bits per heavy atom. The van der Waals surface area contributed by atoms with Gasteiger partial charge in [0.2, 0.25) is 0 Å². The summed E-state index contributed by atoms with van der Waals surface area (Å²) in [6.07, 6.45) is 0. The molecule has 1 heterocycles. The van der Waals surface area contributed by atoms with E-state index < -0.39 is 11.9 Å². The zero-order valence-electron chi connectivity index (χ0n) is 10.7. The molecule has 2 aromatic carbocycles. The van der Waals surface area contributed by atoms with Crippen LogP contribution in [0, 0.1) is 5.82 Å². The summed E-state index contributed by atoms with van der Waals surface area (Å²) in [4.78, 5) is 0. The van der Waals surface area contributed by atoms with Crippen LogP contribution in [-0.2, 0) is 0 Å². The van der Waals surface area contributed by atoms with Crippen LogP contribution in [0.15, 0.2) is 46.9 Å². The van der Waals surface area contributed by atoms with Crippen LogP contribution in [0.2, 0.25) is 10.0 Å². The van der Waals surface area contributed by atoms with Gasteiger partial charge in [0.25, 0.3) is 0 Å². The molecule has 1 aromatic heterocycles. The maximum absolute atomic E-state index is 13.2. The highest BCUT2D eigenvalue weighted by Crippen LogP contribution is 2.32. The van der Waals surface area contributed by atoms with Gasteiger partial charge < -0.3 is 4.42 Å². The Morgan fingerprint density at radius 1 is 1.10 bits per heavy atom. The van der Waals surface area contributed by atoms with Crippen LogP contribution in [0.3, 0.4) is 0 Å². The molecule has 0 aliphatic rings. The van der Waals surface area contributed by atoms with Gasteiger partial charge in [0.15, 0.2) is 0 Å². The number of furan rings is 1. The monoisotopic (exact) mass is 324 g/mol. The van der Waals surface area contributed by atoms with Crippen molar-refractivity contribution in [3.8, 4) is 0 Å². The second-order valence-electron chi connectivity index (χ2n) is 4.60. The lowest BCUT2D eigenvalue weighted by atomic mass is 10.0. The highest BCUT2D eigenvalue weighted by Gasteiger charge is 2.20. The summed E-state index contributed by atoms with van der Waals surface area (Å²) in [5.41, 5.74) is 3.96. The molecule has 3 rings (SSSR count). The Balaban J connectivity index is 2.09. The predicted octanol–water partition coefficient (Wildman–Crippen LogP) is 4.43. The first-order valence-electron chi connectivity index (χ1n) is 6.18. The van der Waals surface area contributed by atoms with Crippen molar-refractivity contribution < 1.29 is 8.81 Å². The number of nitrogens with one attached hydrogen (secondary N) is 1. The third-order valence-corrected chi connectivity index (χ3v) is 3.78. The van der Waals surface area contributed by atoms with Crippen molar-refractivity contribution in [2.75, 3.05) is 0 Å². The van der Waals surface area contributed by atoms with Gasteiger partial charge in [-0.05, 0) is 42.0 Å². The predicted molar refractivity (Wildman–Crippen MR) is 81.8 cm³/mol. The molecule has 0 saturated carbocycles. The molecule has 3 N–H and O–H groups in total. The number of benzene rings is 2. The molecule has 21 heavy (non-hydrogen) atoms. The number of halogens is 3. The first kappa shape index (κ1) is 14.4. The molecule has 0 aliphatic heterocycles. The third-order valence-electron chi connectivity index (χ3n) is 3.22. The van der Waals surface area contributed by atoms with Crippen molar-refractivity contribution in [3.05, 3.63) is 69.7 Å². The molecule has 108 valence electrons. The fourth-order valence-corrected chi connectivity index (χ4v) is 2.69. The molecule has 0 fully saturated rings. The lowest BCUT2D eigenvalue weighted by Gasteiger charge is -2.15. The van der Waals surface area contributed by atoms with E-state index >= 15 is 0 Å². The Kier molecular flexibility index (Phi) is 3.87. The van der Waals surface area contributed by atoms with Gasteiger partial charge in [-0.15, -0.1) is 0 Å². The van der Waals surface area contributed by atoms with Crippen molar-refractivity contribution in [2.24, 2.45) is 5.84 Å². The molecule has 0 amide bonds. The van der Waals surface area contributed by atoms with Gasteiger partial charge in [-0.3, -0.25) is 5.84 Å². The minimum Gasteiger partial charge on any atom is -0.459 e. The third kappa shape index (κ3) is 2.76. The quantitative estimate of drug-likeness (QED) is 0.553. The number of nitrogens with two attached hydrogens (primary N) is 1. The van der Waals surface area contributed by atoms with E-state index in [1.54, 1.807) is 24.3 Å². The van der Waals surface area contributed by atoms with Crippen molar-refractivity contribution in [1.82, 2.24) is 5.43 Å². The minimum atomic E-state index is -0.482. The van der Waals surface area contributed by atoms with E-state index in [2.05, 4.69) is 5.43 Å². The largest absolute Gasteiger partial charge is 0.459 e. The van der Waals surface area contributed by atoms with E-state index in [4.69, 9.17) is 33.5 Å². The van der Waals surface area contributed by atoms with Crippen LogP contribution < -0.4 is 11.3 Å². The smallest absolute Gasteiger partial charge is 0.134 e. The van der Waals surface area contributed by atoms with Gasteiger partial charge in [-0.25, -0.2) is 9.82 Å². The molecule has 0 bridgehead atoms. The summed E-state index contributed by atoms with van der Waals surface area (Å²) in [6, 6.07) is 10.8. The van der Waals surface area contributed by atoms with E-state index in [9.17, 15) is 4.39 Å². The second kappa shape index (κ2) is 5.66. The number of rotatable bonds is 3. The Hall–Kier alpha value is -1.59. The molecule has 3 nitrogen and oxygen atoms in total. The van der Waals surface area contributed by atoms with Crippen molar-refractivity contribution in [3.63, 3.8) is 0 Å². The summed E-state index contributed by atoms with van der Waals surface area (Å²) >= 11 is 12.0. The molecule has 0 aliphatic carbocycles. The molecular formula is C15H11Cl2FN2O. The van der Waals surface area contributed by atoms with Gasteiger partial charge in [0.1, 0.15) is 23.2 Å². The van der Waals surface area contributed by atoms with E-state index in [1.807, 2.05) is 6.07 Å². The van der Waals surface area contributed by atoms with E-state index in [-0.39, 0.29) is 5.02 Å². The maximum atomic E-state index is 13.2. The Morgan fingerprint density at radius 2 is 1.90 bits per heavy atom. The summed E-state index contributed by atoms with van der Waals surface area (Å²) in [6.45, 7) is 0. The van der Waals surface area contributed by atoms with E-state index in [0.29, 0.717) is 21.9 Å². The topological polar surface area (TPSA) is 51.2 Å². The molecule has 1 atom stereocenters. The highest BCUT2D eigenvalue weighted by atomic mass is 35.5. The van der Waals surface area contributed by atoms with Crippen LogP contribution in [0.1, 0.15) is 17.4 Å². The molecule has 1 unspecified atom stereocenters. The zero-order chi connectivity index (χ0) is 15.0. The Bertz CT molecular complexity index is 803. The highest BCUT2D eigenvalue weighted by molar-refractivity contribution is 6.31. The molecule has 3 aromatic rings. The van der Waals surface area contributed by atoms with Crippen molar-refractivity contribution in [2.45, 2.75) is 6.04 Å². The average Bonchev–Trinajstić information content (AvgIpc) is 2.84. The van der Waals surface area contributed by atoms with Crippen LogP contribution in [0.4, 0.5) is 4.39 Å². The first-order valence-corrected chi connectivity index (χ1v) is 6.94. The number of hydrazine groups is 1.